The van der Waals surface area contributed by atoms with Crippen LogP contribution in [0.15, 0.2) is 61.2 Å². The molecule has 1 saturated carbocycles. The van der Waals surface area contributed by atoms with E-state index in [1.165, 1.54) is 5.56 Å². The van der Waals surface area contributed by atoms with Gasteiger partial charge in [-0.05, 0) is 55.4 Å². The van der Waals surface area contributed by atoms with Gasteiger partial charge in [-0.1, -0.05) is 12.1 Å². The molecule has 3 aromatic heterocycles. The van der Waals surface area contributed by atoms with Crippen molar-refractivity contribution < 1.29 is 4.74 Å². The zero-order chi connectivity index (χ0) is 19.6. The van der Waals surface area contributed by atoms with Gasteiger partial charge in [0.05, 0.1) is 17.9 Å². The molecule has 29 heavy (non-hydrogen) atoms. The zero-order valence-electron chi connectivity index (χ0n) is 16.8. The van der Waals surface area contributed by atoms with Crippen LogP contribution in [0, 0.1) is 18.8 Å². The second-order valence-corrected chi connectivity index (χ2v) is 8.40. The second kappa shape index (κ2) is 7.95. The van der Waals surface area contributed by atoms with Crippen molar-refractivity contribution in [2.45, 2.75) is 38.5 Å². The van der Waals surface area contributed by atoms with Crippen LogP contribution in [0.4, 0.5) is 0 Å². The van der Waals surface area contributed by atoms with Crippen molar-refractivity contribution in [3.05, 3.63) is 72.4 Å². The fraction of sp³-hybridized carbons (Fsp3) is 0.435. The average molecular weight is 390 g/mol. The fourth-order valence-electron chi connectivity index (χ4n) is 4.93. The molecular formula is C23H27N5O. The third kappa shape index (κ3) is 4.03. The molecule has 150 valence electrons. The van der Waals surface area contributed by atoms with Gasteiger partial charge in [0, 0.05) is 44.3 Å². The van der Waals surface area contributed by atoms with Crippen molar-refractivity contribution in [1.82, 2.24) is 24.6 Å². The minimum atomic E-state index is 0.0836. The van der Waals surface area contributed by atoms with Gasteiger partial charge in [-0.2, -0.15) is 5.10 Å². The summed E-state index contributed by atoms with van der Waals surface area (Å²) in [4.78, 5) is 11.4. The lowest BCUT2D eigenvalue weighted by Crippen LogP contribution is -2.40. The van der Waals surface area contributed by atoms with Gasteiger partial charge >= 0.3 is 0 Å². The molecule has 1 saturated heterocycles. The molecule has 0 spiro atoms. The van der Waals surface area contributed by atoms with Crippen molar-refractivity contribution >= 4 is 0 Å². The highest BCUT2D eigenvalue weighted by Crippen LogP contribution is 2.42. The Labute approximate surface area is 171 Å². The maximum absolute atomic E-state index is 6.39. The lowest BCUT2D eigenvalue weighted by atomic mass is 9.77. The molecule has 1 aliphatic heterocycles. The summed E-state index contributed by atoms with van der Waals surface area (Å²) >= 11 is 0. The van der Waals surface area contributed by atoms with Gasteiger partial charge in [-0.25, -0.2) is 4.98 Å². The van der Waals surface area contributed by atoms with E-state index >= 15 is 0 Å². The number of fused-ring (bicyclic) bond motifs is 1. The van der Waals surface area contributed by atoms with Crippen LogP contribution in [0.25, 0.3) is 0 Å². The van der Waals surface area contributed by atoms with Crippen LogP contribution < -0.4 is 4.74 Å². The predicted molar refractivity (Wildman–Crippen MR) is 110 cm³/mol. The normalized spacial score (nSPS) is 26.9. The van der Waals surface area contributed by atoms with Crippen molar-refractivity contribution in [3.8, 4) is 5.88 Å². The summed E-state index contributed by atoms with van der Waals surface area (Å²) in [7, 11) is 0. The van der Waals surface area contributed by atoms with Crippen LogP contribution in [-0.4, -0.2) is 43.8 Å². The summed E-state index contributed by atoms with van der Waals surface area (Å²) in [6, 6.07) is 12.2. The van der Waals surface area contributed by atoms with Gasteiger partial charge in [0.2, 0.25) is 5.88 Å². The zero-order valence-corrected chi connectivity index (χ0v) is 16.8. The minimum Gasteiger partial charge on any atom is -0.472 e. The number of pyridine rings is 2. The number of aromatic nitrogens is 4. The lowest BCUT2D eigenvalue weighted by molar-refractivity contribution is 0.0459. The first kappa shape index (κ1) is 18.3. The molecule has 6 nitrogen and oxygen atoms in total. The topological polar surface area (TPSA) is 56.1 Å². The Balaban J connectivity index is 1.34. The standard InChI is InChI=1S/C23H27N5O/c1-17-12-26-28(13-17)21-10-18-14-27(16-20-6-2-4-8-24-20)15-19(18)11-22(21)29-23-7-3-5-9-25-23/h2-9,12-13,18-19,21-22H,10-11,14-16H2,1H3/t18-,19+,21-,22-/m0/s1. The minimum absolute atomic E-state index is 0.0836. The van der Waals surface area contributed by atoms with Crippen molar-refractivity contribution in [2.24, 2.45) is 11.8 Å². The van der Waals surface area contributed by atoms with E-state index in [9.17, 15) is 0 Å². The monoisotopic (exact) mass is 389 g/mol. The molecule has 0 unspecified atom stereocenters. The Kier molecular flexibility index (Phi) is 5.02. The van der Waals surface area contributed by atoms with Gasteiger partial charge in [-0.3, -0.25) is 14.6 Å². The van der Waals surface area contributed by atoms with E-state index in [1.807, 2.05) is 36.7 Å². The maximum Gasteiger partial charge on any atom is 0.213 e. The summed E-state index contributed by atoms with van der Waals surface area (Å²) in [5.74, 6) is 2.00. The summed E-state index contributed by atoms with van der Waals surface area (Å²) in [6.45, 7) is 5.24. The Morgan fingerprint density at radius 3 is 2.48 bits per heavy atom. The lowest BCUT2D eigenvalue weighted by Gasteiger charge is -2.37. The molecule has 0 N–H and O–H groups in total. The Hall–Kier alpha value is -2.73. The number of hydrogen-bond acceptors (Lipinski definition) is 5. The average Bonchev–Trinajstić information content (AvgIpc) is 3.34. The first-order valence-electron chi connectivity index (χ1n) is 10.5. The Morgan fingerprint density at radius 1 is 1.00 bits per heavy atom. The van der Waals surface area contributed by atoms with Crippen LogP contribution in [0.1, 0.15) is 30.1 Å². The van der Waals surface area contributed by atoms with Gasteiger partial charge in [0.1, 0.15) is 6.10 Å². The Bertz CT molecular complexity index is 929. The third-order valence-electron chi connectivity index (χ3n) is 6.25. The summed E-state index contributed by atoms with van der Waals surface area (Å²) in [5, 5.41) is 4.62. The molecule has 4 heterocycles. The number of nitrogens with zero attached hydrogens (tertiary/aromatic N) is 5. The molecule has 2 fully saturated rings. The van der Waals surface area contributed by atoms with Crippen molar-refractivity contribution in [2.75, 3.05) is 13.1 Å². The van der Waals surface area contributed by atoms with Crippen LogP contribution in [0.3, 0.4) is 0 Å². The van der Waals surface area contributed by atoms with Crippen molar-refractivity contribution in [3.63, 3.8) is 0 Å². The van der Waals surface area contributed by atoms with E-state index in [0.29, 0.717) is 17.7 Å². The SMILES string of the molecule is Cc1cnn([C@H]2C[C@H]3CN(Cc4ccccn4)C[C@H]3C[C@@H]2Oc2ccccn2)c1. The molecule has 0 radical (unpaired) electrons. The fourth-order valence-corrected chi connectivity index (χ4v) is 4.93. The molecule has 0 bridgehead atoms. The molecule has 3 aromatic rings. The van der Waals surface area contributed by atoms with Crippen LogP contribution in [0.5, 0.6) is 5.88 Å². The number of ether oxygens (including phenoxy) is 1. The smallest absolute Gasteiger partial charge is 0.213 e. The molecule has 4 atom stereocenters. The van der Waals surface area contributed by atoms with Gasteiger partial charge in [-0.15, -0.1) is 0 Å². The molecule has 2 aliphatic rings. The van der Waals surface area contributed by atoms with E-state index in [-0.39, 0.29) is 12.1 Å². The first-order chi connectivity index (χ1) is 14.2. The van der Waals surface area contributed by atoms with Gasteiger partial charge in [0.15, 0.2) is 0 Å². The summed E-state index contributed by atoms with van der Waals surface area (Å²) in [5.41, 5.74) is 2.33. The molecular weight excluding hydrogens is 362 g/mol. The largest absolute Gasteiger partial charge is 0.472 e. The number of rotatable bonds is 5. The van der Waals surface area contributed by atoms with Gasteiger partial charge < -0.3 is 4.74 Å². The van der Waals surface area contributed by atoms with E-state index in [2.05, 4.69) is 49.9 Å². The number of likely N-dealkylation sites (tertiary alicyclic amines) is 1. The summed E-state index contributed by atoms with van der Waals surface area (Å²) < 4.78 is 8.50. The molecule has 1 aliphatic carbocycles. The molecule has 6 heteroatoms. The molecule has 5 rings (SSSR count). The van der Waals surface area contributed by atoms with Crippen LogP contribution in [0.2, 0.25) is 0 Å². The summed E-state index contributed by atoms with van der Waals surface area (Å²) in [6.07, 6.45) is 9.95. The van der Waals surface area contributed by atoms with Crippen LogP contribution >= 0.6 is 0 Å². The highest BCUT2D eigenvalue weighted by atomic mass is 16.5. The second-order valence-electron chi connectivity index (χ2n) is 8.40. The molecule has 0 aromatic carbocycles. The highest BCUT2D eigenvalue weighted by molar-refractivity contribution is 5.12. The Morgan fingerprint density at radius 2 is 1.79 bits per heavy atom. The maximum atomic E-state index is 6.39. The van der Waals surface area contributed by atoms with E-state index in [1.54, 1.807) is 6.20 Å². The highest BCUT2D eigenvalue weighted by Gasteiger charge is 2.44. The quantitative estimate of drug-likeness (QED) is 0.668. The third-order valence-corrected chi connectivity index (χ3v) is 6.25. The van der Waals surface area contributed by atoms with Crippen LogP contribution in [-0.2, 0) is 6.54 Å². The van der Waals surface area contributed by atoms with E-state index in [0.717, 1.165) is 38.2 Å². The first-order valence-corrected chi connectivity index (χ1v) is 10.5. The number of hydrogen-bond donors (Lipinski definition) is 0. The molecule has 0 amide bonds. The predicted octanol–water partition coefficient (Wildman–Crippen LogP) is 3.51. The van der Waals surface area contributed by atoms with Gasteiger partial charge in [0.25, 0.3) is 0 Å². The van der Waals surface area contributed by atoms with E-state index < -0.39 is 0 Å². The van der Waals surface area contributed by atoms with Crippen molar-refractivity contribution in [1.29, 1.82) is 0 Å². The van der Waals surface area contributed by atoms with E-state index in [4.69, 9.17) is 4.74 Å². The number of aryl methyl sites for hydroxylation is 1.